The van der Waals surface area contributed by atoms with Crippen molar-refractivity contribution in [3.05, 3.63) is 11.8 Å². The van der Waals surface area contributed by atoms with Crippen molar-refractivity contribution in [1.29, 1.82) is 0 Å². The molecule has 1 N–H and O–H groups in total. The first kappa shape index (κ1) is 14.1. The van der Waals surface area contributed by atoms with Crippen LogP contribution in [0.3, 0.4) is 0 Å². The Kier molecular flexibility index (Phi) is 4.58. The van der Waals surface area contributed by atoms with Crippen molar-refractivity contribution in [2.75, 3.05) is 42.9 Å². The summed E-state index contributed by atoms with van der Waals surface area (Å²) >= 11 is 0. The molecule has 5 nitrogen and oxygen atoms in total. The summed E-state index contributed by atoms with van der Waals surface area (Å²) in [6, 6.07) is 0.579. The summed E-state index contributed by atoms with van der Waals surface area (Å²) < 4.78 is 0. The lowest BCUT2D eigenvalue weighted by atomic mass is 10.2. The number of aryl methyl sites for hydroxylation is 1. The van der Waals surface area contributed by atoms with Crippen molar-refractivity contribution in [3.63, 3.8) is 0 Å². The first-order valence-electron chi connectivity index (χ1n) is 7.22. The van der Waals surface area contributed by atoms with Crippen LogP contribution >= 0.6 is 0 Å². The fourth-order valence-corrected chi connectivity index (χ4v) is 2.65. The molecule has 1 unspecified atom stereocenters. The Morgan fingerprint density at radius 1 is 1.37 bits per heavy atom. The van der Waals surface area contributed by atoms with Gasteiger partial charge in [0, 0.05) is 44.0 Å². The Labute approximate surface area is 116 Å². The van der Waals surface area contributed by atoms with E-state index in [0.29, 0.717) is 6.04 Å². The van der Waals surface area contributed by atoms with Crippen molar-refractivity contribution in [2.45, 2.75) is 33.7 Å². The molecule has 0 aromatic carbocycles. The Bertz CT molecular complexity index is 420. The van der Waals surface area contributed by atoms with Gasteiger partial charge in [-0.1, -0.05) is 6.92 Å². The van der Waals surface area contributed by atoms with Crippen LogP contribution in [0, 0.1) is 6.92 Å². The molecule has 0 saturated carbocycles. The molecular weight excluding hydrogens is 238 g/mol. The molecule has 1 aliphatic heterocycles. The summed E-state index contributed by atoms with van der Waals surface area (Å²) in [7, 11) is 0. The third-order valence-electron chi connectivity index (χ3n) is 3.75. The number of hydrogen-bond acceptors (Lipinski definition) is 5. The van der Waals surface area contributed by atoms with Crippen molar-refractivity contribution >= 4 is 11.8 Å². The smallest absolute Gasteiger partial charge is 0.224 e. The summed E-state index contributed by atoms with van der Waals surface area (Å²) in [5, 5.41) is 3.19. The fraction of sp³-hybridized carbons (Fsp3) is 0.714. The zero-order chi connectivity index (χ0) is 13.8. The van der Waals surface area contributed by atoms with Crippen LogP contribution in [-0.2, 0) is 0 Å². The number of nitrogens with one attached hydrogen (secondary N) is 1. The van der Waals surface area contributed by atoms with E-state index in [9.17, 15) is 0 Å². The predicted molar refractivity (Wildman–Crippen MR) is 79.9 cm³/mol. The van der Waals surface area contributed by atoms with Gasteiger partial charge in [0.2, 0.25) is 5.95 Å². The van der Waals surface area contributed by atoms with Crippen LogP contribution in [0.2, 0.25) is 0 Å². The molecule has 1 saturated heterocycles. The van der Waals surface area contributed by atoms with Gasteiger partial charge in [-0.15, -0.1) is 0 Å². The number of rotatable bonds is 4. The van der Waals surface area contributed by atoms with E-state index >= 15 is 0 Å². The second-order valence-electron chi connectivity index (χ2n) is 5.15. The van der Waals surface area contributed by atoms with Crippen LogP contribution < -0.4 is 10.2 Å². The fourth-order valence-electron chi connectivity index (χ4n) is 2.65. The molecule has 19 heavy (non-hydrogen) atoms. The van der Waals surface area contributed by atoms with Crippen LogP contribution in [0.15, 0.2) is 6.20 Å². The number of piperazine rings is 1. The van der Waals surface area contributed by atoms with Gasteiger partial charge >= 0.3 is 0 Å². The maximum atomic E-state index is 4.66. The maximum absolute atomic E-state index is 4.66. The van der Waals surface area contributed by atoms with E-state index in [0.717, 1.165) is 50.1 Å². The second kappa shape index (κ2) is 6.19. The lowest BCUT2D eigenvalue weighted by molar-refractivity contribution is 0.199. The van der Waals surface area contributed by atoms with Gasteiger partial charge in [0.05, 0.1) is 0 Å². The Hall–Kier alpha value is -1.36. The van der Waals surface area contributed by atoms with E-state index in [1.807, 2.05) is 6.20 Å². The van der Waals surface area contributed by atoms with Crippen molar-refractivity contribution in [1.82, 2.24) is 14.9 Å². The summed E-state index contributed by atoms with van der Waals surface area (Å²) in [5.41, 5.74) is 1.15. The van der Waals surface area contributed by atoms with Crippen LogP contribution in [0.4, 0.5) is 11.8 Å². The van der Waals surface area contributed by atoms with E-state index in [-0.39, 0.29) is 0 Å². The Morgan fingerprint density at radius 3 is 2.79 bits per heavy atom. The van der Waals surface area contributed by atoms with Crippen molar-refractivity contribution in [2.24, 2.45) is 0 Å². The zero-order valence-corrected chi connectivity index (χ0v) is 12.5. The highest BCUT2D eigenvalue weighted by atomic mass is 15.3. The third-order valence-corrected chi connectivity index (χ3v) is 3.75. The van der Waals surface area contributed by atoms with Gasteiger partial charge in [-0.3, -0.25) is 4.90 Å². The molecule has 0 amide bonds. The lowest BCUT2D eigenvalue weighted by Crippen LogP contribution is -2.52. The number of hydrogen-bond donors (Lipinski definition) is 1. The molecule has 106 valence electrons. The average Bonchev–Trinajstić information content (AvgIpc) is 2.41. The number of anilines is 2. The van der Waals surface area contributed by atoms with E-state index in [4.69, 9.17) is 0 Å². The number of likely N-dealkylation sites (N-methyl/N-ethyl adjacent to an activating group) is 1. The van der Waals surface area contributed by atoms with Gasteiger partial charge in [-0.05, 0) is 27.3 Å². The molecule has 0 radical (unpaired) electrons. The molecule has 5 heteroatoms. The largest absolute Gasteiger partial charge is 0.354 e. The summed E-state index contributed by atoms with van der Waals surface area (Å²) in [4.78, 5) is 13.9. The van der Waals surface area contributed by atoms with E-state index < -0.39 is 0 Å². The minimum atomic E-state index is 0.579. The van der Waals surface area contributed by atoms with Crippen LogP contribution in [0.25, 0.3) is 0 Å². The SMILES string of the molecule is CCNc1ncc(C)c(N2CCN(CC)C(C)C2)n1. The highest BCUT2D eigenvalue weighted by molar-refractivity contribution is 5.49. The summed E-state index contributed by atoms with van der Waals surface area (Å²) in [6.45, 7) is 13.8. The summed E-state index contributed by atoms with van der Waals surface area (Å²) in [5.74, 6) is 1.81. The Balaban J connectivity index is 2.15. The van der Waals surface area contributed by atoms with Crippen LogP contribution in [0.5, 0.6) is 0 Å². The van der Waals surface area contributed by atoms with Crippen LogP contribution in [0.1, 0.15) is 26.3 Å². The normalized spacial score (nSPS) is 20.6. The van der Waals surface area contributed by atoms with E-state index in [2.05, 4.69) is 52.8 Å². The molecule has 1 aromatic heterocycles. The van der Waals surface area contributed by atoms with Gasteiger partial charge in [0.1, 0.15) is 5.82 Å². The van der Waals surface area contributed by atoms with Gasteiger partial charge in [0.15, 0.2) is 0 Å². The monoisotopic (exact) mass is 263 g/mol. The average molecular weight is 263 g/mol. The maximum Gasteiger partial charge on any atom is 0.224 e. The molecule has 1 aromatic rings. The molecule has 0 bridgehead atoms. The molecular formula is C14H25N5. The second-order valence-corrected chi connectivity index (χ2v) is 5.15. The highest BCUT2D eigenvalue weighted by Crippen LogP contribution is 2.21. The van der Waals surface area contributed by atoms with Gasteiger partial charge in [-0.2, -0.15) is 4.98 Å². The molecule has 1 atom stereocenters. The number of aromatic nitrogens is 2. The van der Waals surface area contributed by atoms with E-state index in [1.54, 1.807) is 0 Å². The molecule has 0 spiro atoms. The van der Waals surface area contributed by atoms with Crippen LogP contribution in [-0.4, -0.2) is 53.6 Å². The first-order chi connectivity index (χ1) is 9.15. The first-order valence-corrected chi connectivity index (χ1v) is 7.22. The number of nitrogens with zero attached hydrogens (tertiary/aromatic N) is 4. The molecule has 1 fully saturated rings. The van der Waals surface area contributed by atoms with E-state index in [1.165, 1.54) is 0 Å². The minimum absolute atomic E-state index is 0.579. The standard InChI is InChI=1S/C14H25N5/c1-5-15-14-16-9-11(3)13(17-14)19-8-7-18(6-2)12(4)10-19/h9,12H,5-8,10H2,1-4H3,(H,15,16,17). The Morgan fingerprint density at radius 2 is 2.16 bits per heavy atom. The van der Waals surface area contributed by atoms with Gasteiger partial charge < -0.3 is 10.2 Å². The quantitative estimate of drug-likeness (QED) is 0.896. The minimum Gasteiger partial charge on any atom is -0.354 e. The zero-order valence-electron chi connectivity index (χ0n) is 12.5. The predicted octanol–water partition coefficient (Wildman–Crippen LogP) is 1.75. The molecule has 2 heterocycles. The summed E-state index contributed by atoms with van der Waals surface area (Å²) in [6.07, 6.45) is 1.91. The molecule has 2 rings (SSSR count). The van der Waals surface area contributed by atoms with Gasteiger partial charge in [0.25, 0.3) is 0 Å². The lowest BCUT2D eigenvalue weighted by Gasteiger charge is -2.40. The third kappa shape index (κ3) is 3.15. The molecule has 1 aliphatic rings. The van der Waals surface area contributed by atoms with Crippen molar-refractivity contribution in [3.8, 4) is 0 Å². The van der Waals surface area contributed by atoms with Crippen molar-refractivity contribution < 1.29 is 0 Å². The van der Waals surface area contributed by atoms with Gasteiger partial charge in [-0.25, -0.2) is 4.98 Å². The topological polar surface area (TPSA) is 44.3 Å². The molecule has 0 aliphatic carbocycles. The highest BCUT2D eigenvalue weighted by Gasteiger charge is 2.24.